The lowest BCUT2D eigenvalue weighted by Gasteiger charge is -2.12. The molecule has 192 valence electrons. The van der Waals surface area contributed by atoms with Gasteiger partial charge in [0.25, 0.3) is 5.91 Å². The molecule has 1 amide bonds. The van der Waals surface area contributed by atoms with Crippen LogP contribution < -0.4 is 16.0 Å². The van der Waals surface area contributed by atoms with Crippen molar-refractivity contribution in [3.05, 3.63) is 71.8 Å². The maximum absolute atomic E-state index is 13.5. The highest BCUT2D eigenvalue weighted by molar-refractivity contribution is 7.10. The molecule has 2 heterocycles. The summed E-state index contributed by atoms with van der Waals surface area (Å²) in [6, 6.07) is 10.4. The molecule has 14 heteroatoms. The molecule has 9 nitrogen and oxygen atoms in total. The van der Waals surface area contributed by atoms with Gasteiger partial charge in [0.1, 0.15) is 23.8 Å². The van der Waals surface area contributed by atoms with Crippen molar-refractivity contribution < 1.29 is 27.5 Å². The van der Waals surface area contributed by atoms with Crippen molar-refractivity contribution in [3.63, 3.8) is 0 Å². The highest BCUT2D eigenvalue weighted by Gasteiger charge is 2.34. The first-order chi connectivity index (χ1) is 17.6. The molecule has 0 saturated heterocycles. The predicted octanol–water partition coefficient (Wildman–Crippen LogP) is 4.94. The van der Waals surface area contributed by atoms with Gasteiger partial charge < -0.3 is 15.7 Å². The molecule has 0 aliphatic carbocycles. The van der Waals surface area contributed by atoms with E-state index in [0.29, 0.717) is 35.0 Å². The topological polar surface area (TPSA) is 125 Å². The van der Waals surface area contributed by atoms with E-state index in [9.17, 15) is 22.4 Å². The van der Waals surface area contributed by atoms with Crippen molar-refractivity contribution in [2.24, 2.45) is 0 Å². The largest absolute Gasteiger partial charge is 0.419 e. The number of nitrogens with zero attached hydrogens (tertiary/aromatic N) is 4. The molecule has 2 aromatic carbocycles. The number of hydrogen-bond donors (Lipinski definition) is 4. The van der Waals surface area contributed by atoms with E-state index in [-0.39, 0.29) is 29.2 Å². The lowest BCUT2D eigenvalue weighted by molar-refractivity contribution is -0.139. The predicted molar refractivity (Wildman–Crippen MR) is 130 cm³/mol. The fourth-order valence-electron chi connectivity index (χ4n) is 3.10. The van der Waals surface area contributed by atoms with Crippen LogP contribution in [0.1, 0.15) is 22.8 Å². The summed E-state index contributed by atoms with van der Waals surface area (Å²) in [5.74, 6) is -0.947. The molecular formula is C23H19F4N7O2S. The number of rotatable bonds is 8. The van der Waals surface area contributed by atoms with Gasteiger partial charge in [-0.25, -0.2) is 14.4 Å². The number of hydrogen-bond acceptors (Lipinski definition) is 9. The Labute approximate surface area is 211 Å². The maximum atomic E-state index is 13.5. The molecule has 0 radical (unpaired) electrons. The van der Waals surface area contributed by atoms with Crippen molar-refractivity contribution in [2.75, 3.05) is 22.6 Å². The van der Waals surface area contributed by atoms with Crippen LogP contribution in [0.3, 0.4) is 0 Å². The Morgan fingerprint density at radius 1 is 1.08 bits per heavy atom. The van der Waals surface area contributed by atoms with Crippen LogP contribution in [0, 0.1) is 5.82 Å². The molecule has 2 aromatic heterocycles. The number of aromatic nitrogens is 4. The summed E-state index contributed by atoms with van der Waals surface area (Å²) >= 11 is 0.781. The second kappa shape index (κ2) is 10.8. The van der Waals surface area contributed by atoms with Crippen LogP contribution in [-0.2, 0) is 6.18 Å². The van der Waals surface area contributed by atoms with E-state index in [0.717, 1.165) is 17.6 Å². The lowest BCUT2D eigenvalue weighted by Crippen LogP contribution is -2.20. The van der Waals surface area contributed by atoms with E-state index in [1.54, 1.807) is 37.3 Å². The first-order valence-electron chi connectivity index (χ1n) is 10.7. The Balaban J connectivity index is 1.41. The molecule has 0 aliphatic rings. The zero-order chi connectivity index (χ0) is 26.6. The van der Waals surface area contributed by atoms with Gasteiger partial charge in [-0.05, 0) is 49.4 Å². The molecule has 0 fully saturated rings. The maximum Gasteiger partial charge on any atom is 0.419 e. The summed E-state index contributed by atoms with van der Waals surface area (Å²) in [6.07, 6.45) is -3.50. The Hall–Kier alpha value is -4.17. The minimum Gasteiger partial charge on any atom is -0.394 e. The van der Waals surface area contributed by atoms with Crippen LogP contribution in [0.4, 0.5) is 40.0 Å². The molecule has 37 heavy (non-hydrogen) atoms. The number of carbonyl (C=O) groups excluding carboxylic acids is 1. The van der Waals surface area contributed by atoms with Crippen LogP contribution in [0.25, 0.3) is 11.4 Å². The fourth-order valence-corrected chi connectivity index (χ4v) is 3.68. The van der Waals surface area contributed by atoms with E-state index in [1.165, 1.54) is 6.33 Å². The monoisotopic (exact) mass is 533 g/mol. The molecule has 0 saturated carbocycles. The Morgan fingerprint density at radius 3 is 2.51 bits per heavy atom. The summed E-state index contributed by atoms with van der Waals surface area (Å²) in [5.41, 5.74) is -0.514. The van der Waals surface area contributed by atoms with Crippen molar-refractivity contribution in [2.45, 2.75) is 19.1 Å². The summed E-state index contributed by atoms with van der Waals surface area (Å²) in [7, 11) is 0. The van der Waals surface area contributed by atoms with Gasteiger partial charge in [0.2, 0.25) is 5.13 Å². The number of benzene rings is 2. The standard InChI is InChI=1S/C23H19F4N7O2S/c1-12(10-35)30-18-9-19(29-11-28-18)31-15-5-2-13(3-6-15)21(36)33-22-32-20(34-37-22)14-4-7-17(24)16(8-14)23(25,26)27/h2-9,11-12,35H,10H2,1H3,(H2,28,29,30,31)(H,32,33,34,36). The van der Waals surface area contributed by atoms with Gasteiger partial charge >= 0.3 is 6.18 Å². The summed E-state index contributed by atoms with van der Waals surface area (Å²) in [4.78, 5) is 24.9. The zero-order valence-corrected chi connectivity index (χ0v) is 19.9. The number of aliphatic hydroxyl groups is 1. The van der Waals surface area contributed by atoms with Crippen molar-refractivity contribution >= 4 is 39.9 Å². The molecule has 0 spiro atoms. The molecule has 4 N–H and O–H groups in total. The van der Waals surface area contributed by atoms with Crippen molar-refractivity contribution in [1.29, 1.82) is 0 Å². The molecule has 4 aromatic rings. The van der Waals surface area contributed by atoms with Crippen LogP contribution in [0.15, 0.2) is 54.9 Å². The fraction of sp³-hybridized carbons (Fsp3) is 0.174. The van der Waals surface area contributed by atoms with Crippen LogP contribution >= 0.6 is 11.5 Å². The van der Waals surface area contributed by atoms with Crippen LogP contribution in [0.5, 0.6) is 0 Å². The Bertz CT molecular complexity index is 1400. The van der Waals surface area contributed by atoms with E-state index in [4.69, 9.17) is 5.11 Å². The van der Waals surface area contributed by atoms with Crippen molar-refractivity contribution in [3.8, 4) is 11.4 Å². The van der Waals surface area contributed by atoms with E-state index < -0.39 is 23.5 Å². The Morgan fingerprint density at radius 2 is 1.81 bits per heavy atom. The van der Waals surface area contributed by atoms with E-state index in [2.05, 4.69) is 35.3 Å². The third kappa shape index (κ3) is 6.54. The van der Waals surface area contributed by atoms with Crippen LogP contribution in [-0.4, -0.2) is 43.0 Å². The van der Waals surface area contributed by atoms with E-state index >= 15 is 0 Å². The van der Waals surface area contributed by atoms with Gasteiger partial charge in [-0.3, -0.25) is 10.1 Å². The highest BCUT2D eigenvalue weighted by Crippen LogP contribution is 2.34. The number of nitrogens with one attached hydrogen (secondary N) is 3. The SMILES string of the molecule is CC(CO)Nc1cc(Nc2ccc(C(=O)Nc3nc(-c4ccc(F)c(C(F)(F)F)c4)ns3)cc2)ncn1. The average molecular weight is 534 g/mol. The number of amides is 1. The van der Waals surface area contributed by atoms with Gasteiger partial charge in [-0.15, -0.1) is 0 Å². The van der Waals surface area contributed by atoms with Gasteiger partial charge in [0.05, 0.1) is 12.2 Å². The minimum absolute atomic E-state index is 0.0326. The van der Waals surface area contributed by atoms with Gasteiger partial charge in [-0.2, -0.15) is 22.5 Å². The molecule has 1 unspecified atom stereocenters. The van der Waals surface area contributed by atoms with Crippen LogP contribution in [0.2, 0.25) is 0 Å². The summed E-state index contributed by atoms with van der Waals surface area (Å²) in [5, 5.41) is 17.9. The number of anilines is 4. The first-order valence-corrected chi connectivity index (χ1v) is 11.5. The molecule has 0 bridgehead atoms. The molecule has 4 rings (SSSR count). The number of halogens is 4. The number of aliphatic hydroxyl groups excluding tert-OH is 1. The van der Waals surface area contributed by atoms with E-state index in [1.807, 2.05) is 0 Å². The first kappa shape index (κ1) is 25.9. The highest BCUT2D eigenvalue weighted by atomic mass is 32.1. The second-order valence-corrected chi connectivity index (χ2v) is 8.54. The third-order valence-corrected chi connectivity index (χ3v) is 5.56. The quantitative estimate of drug-likeness (QED) is 0.235. The Kier molecular flexibility index (Phi) is 7.59. The third-order valence-electron chi connectivity index (χ3n) is 4.93. The molecule has 1 atom stereocenters. The lowest BCUT2D eigenvalue weighted by atomic mass is 10.1. The normalized spacial score (nSPS) is 12.2. The number of carbonyl (C=O) groups is 1. The van der Waals surface area contributed by atoms with Gasteiger partial charge in [-0.1, -0.05) is 0 Å². The molecule has 0 aliphatic heterocycles. The number of alkyl halides is 3. The van der Waals surface area contributed by atoms with Gasteiger partial charge in [0.15, 0.2) is 5.82 Å². The summed E-state index contributed by atoms with van der Waals surface area (Å²) < 4.78 is 56.4. The van der Waals surface area contributed by atoms with Crippen molar-refractivity contribution in [1.82, 2.24) is 19.3 Å². The smallest absolute Gasteiger partial charge is 0.394 e. The summed E-state index contributed by atoms with van der Waals surface area (Å²) in [6.45, 7) is 1.74. The molecular weight excluding hydrogens is 514 g/mol. The average Bonchev–Trinajstić information content (AvgIpc) is 3.32. The van der Waals surface area contributed by atoms with Gasteiger partial charge in [0, 0.05) is 40.5 Å². The second-order valence-electron chi connectivity index (χ2n) is 7.79. The minimum atomic E-state index is -4.86. The zero-order valence-electron chi connectivity index (χ0n) is 19.0.